The minimum absolute atomic E-state index is 0.155. The van der Waals surface area contributed by atoms with E-state index >= 15 is 0 Å². The number of anilines is 1. The minimum atomic E-state index is 0.155. The molecule has 2 aliphatic rings. The van der Waals surface area contributed by atoms with Crippen molar-refractivity contribution >= 4 is 22.8 Å². The van der Waals surface area contributed by atoms with Crippen LogP contribution in [0, 0.1) is 5.92 Å². The van der Waals surface area contributed by atoms with Crippen molar-refractivity contribution < 1.29 is 14.3 Å². The lowest BCUT2D eigenvalue weighted by molar-refractivity contribution is 0.157. The Morgan fingerprint density at radius 3 is 2.34 bits per heavy atom. The topological polar surface area (TPSA) is 71.0 Å². The summed E-state index contributed by atoms with van der Waals surface area (Å²) < 4.78 is 10.9. The maximum absolute atomic E-state index is 12.3. The van der Waals surface area contributed by atoms with E-state index in [4.69, 9.17) is 9.47 Å². The van der Waals surface area contributed by atoms with Crippen LogP contribution in [0.15, 0.2) is 18.5 Å². The number of rotatable bonds is 5. The van der Waals surface area contributed by atoms with E-state index in [2.05, 4.69) is 21.8 Å². The highest BCUT2D eigenvalue weighted by Crippen LogP contribution is 2.36. The monoisotopic (exact) mass is 399 g/mol. The third kappa shape index (κ3) is 3.52. The number of piperidine rings is 1. The SMILES string of the molecule is COc1cc2ncnc(N3CCC(C(C)N4CCN(C)C4=O)CC3)c2cc1OC. The largest absolute Gasteiger partial charge is 0.493 e. The predicted octanol–water partition coefficient (Wildman–Crippen LogP) is 2.62. The first-order chi connectivity index (χ1) is 14.0. The molecule has 0 aliphatic carbocycles. The molecule has 0 bridgehead atoms. The lowest BCUT2D eigenvalue weighted by atomic mass is 9.89. The maximum atomic E-state index is 12.3. The molecular formula is C21H29N5O3. The number of fused-ring (bicyclic) bond motifs is 1. The Balaban J connectivity index is 1.51. The van der Waals surface area contributed by atoms with Crippen molar-refractivity contribution in [2.45, 2.75) is 25.8 Å². The number of carbonyl (C=O) groups is 1. The summed E-state index contributed by atoms with van der Waals surface area (Å²) in [5, 5.41) is 0.966. The summed E-state index contributed by atoms with van der Waals surface area (Å²) in [6.45, 7) is 5.66. The van der Waals surface area contributed by atoms with Crippen molar-refractivity contribution in [1.29, 1.82) is 0 Å². The number of likely N-dealkylation sites (N-methyl/N-ethyl adjacent to an activating group) is 1. The van der Waals surface area contributed by atoms with Crippen LogP contribution in [-0.2, 0) is 0 Å². The van der Waals surface area contributed by atoms with Crippen LogP contribution in [-0.4, -0.2) is 79.3 Å². The van der Waals surface area contributed by atoms with E-state index in [1.165, 1.54) is 0 Å². The Morgan fingerprint density at radius 2 is 1.72 bits per heavy atom. The molecule has 0 N–H and O–H groups in total. The van der Waals surface area contributed by atoms with E-state index < -0.39 is 0 Å². The molecule has 29 heavy (non-hydrogen) atoms. The van der Waals surface area contributed by atoms with Crippen LogP contribution >= 0.6 is 0 Å². The van der Waals surface area contributed by atoms with E-state index in [1.807, 2.05) is 24.1 Å². The summed E-state index contributed by atoms with van der Waals surface area (Å²) in [6, 6.07) is 4.27. The van der Waals surface area contributed by atoms with E-state index in [-0.39, 0.29) is 12.1 Å². The number of methoxy groups -OCH3 is 2. The first-order valence-electron chi connectivity index (χ1n) is 10.2. The van der Waals surface area contributed by atoms with Crippen LogP contribution in [0.4, 0.5) is 10.6 Å². The molecule has 2 fully saturated rings. The zero-order valence-electron chi connectivity index (χ0n) is 17.6. The molecule has 1 aromatic heterocycles. The van der Waals surface area contributed by atoms with Crippen molar-refractivity contribution in [3.8, 4) is 11.5 Å². The summed E-state index contributed by atoms with van der Waals surface area (Å²) in [6.07, 6.45) is 3.68. The van der Waals surface area contributed by atoms with Gasteiger partial charge in [0.05, 0.1) is 19.7 Å². The first-order valence-corrected chi connectivity index (χ1v) is 10.2. The standard InChI is InChI=1S/C21H29N5O3/c1-14(26-10-9-24(2)21(26)27)15-5-7-25(8-6-15)20-16-11-18(28-3)19(29-4)12-17(16)22-13-23-20/h11-15H,5-10H2,1-4H3. The Morgan fingerprint density at radius 1 is 1.03 bits per heavy atom. The van der Waals surface area contributed by atoms with Crippen LogP contribution in [0.2, 0.25) is 0 Å². The molecule has 8 heteroatoms. The van der Waals surface area contributed by atoms with Gasteiger partial charge in [0.1, 0.15) is 12.1 Å². The fraction of sp³-hybridized carbons (Fsp3) is 0.571. The summed E-state index contributed by atoms with van der Waals surface area (Å²) in [5.74, 6) is 2.78. The highest BCUT2D eigenvalue weighted by atomic mass is 16.5. The fourth-order valence-corrected chi connectivity index (χ4v) is 4.52. The molecule has 8 nitrogen and oxygen atoms in total. The van der Waals surface area contributed by atoms with Crippen molar-refractivity contribution in [3.63, 3.8) is 0 Å². The molecule has 0 saturated carbocycles. The van der Waals surface area contributed by atoms with E-state index in [0.717, 1.165) is 55.7 Å². The summed E-state index contributed by atoms with van der Waals surface area (Å²) >= 11 is 0. The second kappa shape index (κ2) is 7.93. The average Bonchev–Trinajstić information content (AvgIpc) is 3.10. The summed E-state index contributed by atoms with van der Waals surface area (Å²) in [5.41, 5.74) is 0.842. The van der Waals surface area contributed by atoms with E-state index in [1.54, 1.807) is 25.4 Å². The molecule has 2 aliphatic heterocycles. The van der Waals surface area contributed by atoms with Crippen molar-refractivity contribution in [1.82, 2.24) is 19.8 Å². The predicted molar refractivity (Wildman–Crippen MR) is 112 cm³/mol. The first kappa shape index (κ1) is 19.5. The molecule has 4 rings (SSSR count). The fourth-order valence-electron chi connectivity index (χ4n) is 4.52. The number of nitrogens with zero attached hydrogens (tertiary/aromatic N) is 5. The zero-order valence-corrected chi connectivity index (χ0v) is 17.6. The molecule has 0 spiro atoms. The molecule has 2 aromatic rings. The van der Waals surface area contributed by atoms with Gasteiger partial charge in [-0.15, -0.1) is 0 Å². The van der Waals surface area contributed by atoms with Gasteiger partial charge in [0.2, 0.25) is 0 Å². The molecular weight excluding hydrogens is 370 g/mol. The quantitative estimate of drug-likeness (QED) is 0.770. The number of urea groups is 1. The molecule has 2 saturated heterocycles. The van der Waals surface area contributed by atoms with Gasteiger partial charge in [-0.05, 0) is 31.7 Å². The van der Waals surface area contributed by atoms with Gasteiger partial charge >= 0.3 is 6.03 Å². The van der Waals surface area contributed by atoms with Crippen LogP contribution in [0.25, 0.3) is 10.9 Å². The number of amides is 2. The van der Waals surface area contributed by atoms with Crippen LogP contribution in [0.3, 0.4) is 0 Å². The zero-order chi connectivity index (χ0) is 20.5. The third-order valence-corrected chi connectivity index (χ3v) is 6.38. The maximum Gasteiger partial charge on any atom is 0.320 e. The van der Waals surface area contributed by atoms with E-state index in [0.29, 0.717) is 17.4 Å². The number of hydrogen-bond acceptors (Lipinski definition) is 6. The lowest BCUT2D eigenvalue weighted by Crippen LogP contribution is -2.45. The second-order valence-electron chi connectivity index (χ2n) is 7.88. The highest BCUT2D eigenvalue weighted by molar-refractivity contribution is 5.92. The molecule has 2 amide bonds. The smallest absolute Gasteiger partial charge is 0.320 e. The van der Waals surface area contributed by atoms with Gasteiger partial charge in [0.25, 0.3) is 0 Å². The van der Waals surface area contributed by atoms with Crippen molar-refractivity contribution in [2.75, 3.05) is 52.3 Å². The normalized spacial score (nSPS) is 19.2. The highest BCUT2D eigenvalue weighted by Gasteiger charge is 2.35. The van der Waals surface area contributed by atoms with Gasteiger partial charge in [-0.1, -0.05) is 0 Å². The number of hydrogen-bond donors (Lipinski definition) is 0. The number of ether oxygens (including phenoxy) is 2. The minimum Gasteiger partial charge on any atom is -0.493 e. The van der Waals surface area contributed by atoms with E-state index in [9.17, 15) is 4.79 Å². The van der Waals surface area contributed by atoms with Crippen LogP contribution < -0.4 is 14.4 Å². The van der Waals surface area contributed by atoms with Crippen LogP contribution in [0.5, 0.6) is 11.5 Å². The Labute approximate surface area is 171 Å². The van der Waals surface area contributed by atoms with Gasteiger partial charge in [-0.3, -0.25) is 0 Å². The average molecular weight is 399 g/mol. The van der Waals surface area contributed by atoms with Crippen LogP contribution in [0.1, 0.15) is 19.8 Å². The molecule has 1 aromatic carbocycles. The summed E-state index contributed by atoms with van der Waals surface area (Å²) in [4.78, 5) is 27.5. The number of aromatic nitrogens is 2. The van der Waals surface area contributed by atoms with Gasteiger partial charge in [0.15, 0.2) is 11.5 Å². The second-order valence-corrected chi connectivity index (χ2v) is 7.88. The summed E-state index contributed by atoms with van der Waals surface area (Å²) in [7, 11) is 5.14. The molecule has 1 unspecified atom stereocenters. The molecule has 1 atom stereocenters. The van der Waals surface area contributed by atoms with Gasteiger partial charge in [0, 0.05) is 50.7 Å². The number of carbonyl (C=O) groups excluding carboxylic acids is 1. The molecule has 3 heterocycles. The molecule has 0 radical (unpaired) electrons. The van der Waals surface area contributed by atoms with Gasteiger partial charge in [-0.2, -0.15) is 0 Å². The Kier molecular flexibility index (Phi) is 5.34. The lowest BCUT2D eigenvalue weighted by Gasteiger charge is -2.38. The Bertz CT molecular complexity index is 897. The number of benzene rings is 1. The molecule has 156 valence electrons. The van der Waals surface area contributed by atoms with Crippen molar-refractivity contribution in [3.05, 3.63) is 18.5 Å². The van der Waals surface area contributed by atoms with Gasteiger partial charge in [-0.25, -0.2) is 14.8 Å². The van der Waals surface area contributed by atoms with Gasteiger partial charge < -0.3 is 24.2 Å². The Hall–Kier alpha value is -2.77. The van der Waals surface area contributed by atoms with Crippen molar-refractivity contribution in [2.24, 2.45) is 5.92 Å². The third-order valence-electron chi connectivity index (χ3n) is 6.38.